The van der Waals surface area contributed by atoms with Crippen LogP contribution in [0.1, 0.15) is 44.1 Å². The van der Waals surface area contributed by atoms with Crippen molar-refractivity contribution in [2.45, 2.75) is 62.4 Å². The minimum absolute atomic E-state index is 0.0469. The summed E-state index contributed by atoms with van der Waals surface area (Å²) in [4.78, 5) is 23.5. The van der Waals surface area contributed by atoms with Crippen molar-refractivity contribution in [3.05, 3.63) is 52.6 Å². The van der Waals surface area contributed by atoms with Crippen molar-refractivity contribution in [2.75, 3.05) is 25.3 Å². The average Bonchev–Trinajstić information content (AvgIpc) is 3.76. The zero-order chi connectivity index (χ0) is 26.0. The van der Waals surface area contributed by atoms with E-state index in [4.69, 9.17) is 19.9 Å². The van der Waals surface area contributed by atoms with Crippen LogP contribution < -0.4 is 10.9 Å². The number of aromatic amines is 1. The maximum Gasteiger partial charge on any atom is 0.280 e. The van der Waals surface area contributed by atoms with Gasteiger partial charge in [-0.1, -0.05) is 37.3 Å². The lowest BCUT2D eigenvalue weighted by molar-refractivity contribution is -0.172. The summed E-state index contributed by atoms with van der Waals surface area (Å²) in [6.07, 6.45) is 2.65. The molecule has 7 rings (SSSR count). The van der Waals surface area contributed by atoms with E-state index in [-0.39, 0.29) is 29.3 Å². The molecular formula is C24H28FN6O5P. The fourth-order valence-electron chi connectivity index (χ4n) is 5.96. The summed E-state index contributed by atoms with van der Waals surface area (Å²) in [7, 11) is -1.34. The Labute approximate surface area is 214 Å². The monoisotopic (exact) mass is 531 g/mol. The van der Waals surface area contributed by atoms with Gasteiger partial charge in [-0.05, 0) is 24.8 Å². The van der Waals surface area contributed by atoms with Gasteiger partial charge in [-0.25, -0.2) is 14.0 Å². The first-order valence-corrected chi connectivity index (χ1v) is 13.7. The van der Waals surface area contributed by atoms with Gasteiger partial charge in [-0.3, -0.25) is 14.3 Å². The van der Waals surface area contributed by atoms with Crippen molar-refractivity contribution in [1.82, 2.24) is 24.2 Å². The molecule has 37 heavy (non-hydrogen) atoms. The first kappa shape index (κ1) is 22.5. The molecule has 0 radical (unpaired) electrons. The molecule has 6 heterocycles. The number of rotatable bonds is 7. The molecule has 3 aromatic rings. The van der Waals surface area contributed by atoms with Gasteiger partial charge in [-0.15, -0.1) is 0 Å². The van der Waals surface area contributed by atoms with Gasteiger partial charge in [0.15, 0.2) is 25.6 Å². The Morgan fingerprint density at radius 3 is 3.08 bits per heavy atom. The number of halogens is 1. The molecule has 2 N–H and O–H groups in total. The highest BCUT2D eigenvalue weighted by molar-refractivity contribution is 7.45. The summed E-state index contributed by atoms with van der Waals surface area (Å²) < 4.78 is 50.9. The highest BCUT2D eigenvalue weighted by atomic mass is 31.2. The number of alkyl halides is 1. The molecule has 7 atom stereocenters. The quantitative estimate of drug-likeness (QED) is 0.350. The molecule has 4 aliphatic rings. The number of hydrogen-bond donors (Lipinski definition) is 2. The third kappa shape index (κ3) is 3.65. The van der Waals surface area contributed by atoms with E-state index in [0.29, 0.717) is 18.3 Å². The van der Waals surface area contributed by atoms with Crippen molar-refractivity contribution in [1.29, 1.82) is 0 Å². The zero-order valence-electron chi connectivity index (χ0n) is 21.2. The summed E-state index contributed by atoms with van der Waals surface area (Å²) in [6.45, 7) is 2.19. The maximum atomic E-state index is 13.1. The number of aromatic nitrogens is 4. The van der Waals surface area contributed by atoms with Crippen molar-refractivity contribution in [3.8, 4) is 0 Å². The molecule has 4 saturated heterocycles. The second-order valence-electron chi connectivity index (χ2n) is 9.77. The molecule has 4 fully saturated rings. The van der Waals surface area contributed by atoms with Gasteiger partial charge in [0.05, 0.1) is 12.9 Å². The van der Waals surface area contributed by atoms with E-state index in [1.807, 2.05) is 25.1 Å². The van der Waals surface area contributed by atoms with Gasteiger partial charge >= 0.3 is 0 Å². The second-order valence-corrected chi connectivity index (χ2v) is 11.2. The zero-order valence-corrected chi connectivity index (χ0v) is 21.1. The van der Waals surface area contributed by atoms with E-state index < -0.39 is 44.9 Å². The Balaban J connectivity index is 1.19. The largest absolute Gasteiger partial charge is 0.368 e. The molecule has 2 aromatic heterocycles. The minimum Gasteiger partial charge on any atom is -0.368 e. The summed E-state index contributed by atoms with van der Waals surface area (Å²) >= 11 is 0. The molecule has 0 saturated carbocycles. The minimum atomic E-state index is -1.34. The second kappa shape index (κ2) is 9.07. The van der Waals surface area contributed by atoms with E-state index in [9.17, 15) is 9.18 Å². The molecule has 1 unspecified atom stereocenters. The number of nitrogens with zero attached hydrogens (tertiary/aromatic N) is 4. The summed E-state index contributed by atoms with van der Waals surface area (Å²) in [5.41, 5.74) is 0.141. The van der Waals surface area contributed by atoms with Crippen LogP contribution in [-0.4, -0.2) is 68.0 Å². The van der Waals surface area contributed by atoms with E-state index in [2.05, 4.69) is 31.8 Å². The lowest BCUT2D eigenvalue weighted by Crippen LogP contribution is -2.41. The van der Waals surface area contributed by atoms with Crippen LogP contribution in [0.5, 0.6) is 0 Å². The number of imidazole rings is 1. The third-order valence-corrected chi connectivity index (χ3v) is 9.57. The van der Waals surface area contributed by atoms with Crippen LogP contribution in [0.15, 0.2) is 41.5 Å². The van der Waals surface area contributed by atoms with Crippen LogP contribution in [0.4, 0.5) is 10.3 Å². The van der Waals surface area contributed by atoms with E-state index in [0.717, 1.165) is 24.9 Å². The third-order valence-electron chi connectivity index (χ3n) is 7.84. The highest BCUT2D eigenvalue weighted by Crippen LogP contribution is 2.63. The first-order valence-electron chi connectivity index (χ1n) is 13.0. The van der Waals surface area contributed by atoms with Crippen molar-refractivity contribution < 1.29 is 24.3 Å². The van der Waals surface area contributed by atoms with Gasteiger partial charge < -0.3 is 23.8 Å². The molecule has 1 aromatic carbocycles. The van der Waals surface area contributed by atoms with Crippen LogP contribution in [0, 0.1) is 0 Å². The molecule has 0 spiro atoms. The lowest BCUT2D eigenvalue weighted by atomic mass is 9.96. The summed E-state index contributed by atoms with van der Waals surface area (Å²) in [5, 5.41) is 0.464. The Hall–Kier alpha value is -2.47. The highest BCUT2D eigenvalue weighted by Gasteiger charge is 2.64. The fraction of sp³-hybridized carbons (Fsp3) is 0.542. The molecule has 2 bridgehead atoms. The molecular weight excluding hydrogens is 502 g/mol. The van der Waals surface area contributed by atoms with E-state index in [1.54, 1.807) is 4.57 Å². The van der Waals surface area contributed by atoms with Gasteiger partial charge in [0.25, 0.3) is 14.1 Å². The molecule has 11 nitrogen and oxygen atoms in total. The molecule has 0 aliphatic carbocycles. The standard InChI is InChI=1S/C24H28FN6O5P/c1-2-24-11-33-18(22(34-24)30-13-27-16-20(30)28-23(26-12-25)29-21(16)32)19(24)36-37-31-10-6-9-15(31)17(35-37)14-7-4-3-5-8-14/h3-5,7-8,13,15,17-19,22H,2,6,9-12H2,1H3,(H2,26,28,29,32)/t15-,17+,18?,19-,22-,24+,37+/m1/s1/i/hD. The van der Waals surface area contributed by atoms with Crippen LogP contribution >= 0.6 is 8.53 Å². The molecule has 0 amide bonds. The normalized spacial score (nSPS) is 35.4. The van der Waals surface area contributed by atoms with Gasteiger partial charge in [0.1, 0.15) is 23.9 Å². The molecule has 196 valence electrons. The smallest absolute Gasteiger partial charge is 0.280 e. The Bertz CT molecular complexity index is 1400. The number of anilines is 1. The van der Waals surface area contributed by atoms with Gasteiger partial charge in [-0.2, -0.15) is 4.98 Å². The first-order chi connectivity index (χ1) is 18.5. The number of hydrogen-bond acceptors (Lipinski definition) is 9. The van der Waals surface area contributed by atoms with E-state index >= 15 is 0 Å². The predicted octanol–water partition coefficient (Wildman–Crippen LogP) is 3.38. The predicted molar refractivity (Wildman–Crippen MR) is 132 cm³/mol. The Morgan fingerprint density at radius 1 is 1.41 bits per heavy atom. The number of benzene rings is 1. The Morgan fingerprint density at radius 2 is 2.27 bits per heavy atom. The SMILES string of the molecule is [2H]N(CF)c1nc2c(ncn2[C@@H]2O[C@@]3(CC)COC2[C@H]3O[P@]2O[C@@H](c3ccccc3)[C@H]3CCCN32)c(=O)[nH]1. The average molecular weight is 532 g/mol. The van der Waals surface area contributed by atoms with Crippen LogP contribution in [0.3, 0.4) is 0 Å². The number of ether oxygens (including phenoxy) is 2. The van der Waals surface area contributed by atoms with Crippen LogP contribution in [-0.2, 0) is 18.5 Å². The van der Waals surface area contributed by atoms with Gasteiger partial charge in [0.2, 0.25) is 5.95 Å². The molecule has 13 heteroatoms. The van der Waals surface area contributed by atoms with E-state index in [1.165, 1.54) is 6.33 Å². The van der Waals surface area contributed by atoms with Gasteiger partial charge in [0, 0.05) is 12.6 Å². The lowest BCUT2D eigenvalue weighted by Gasteiger charge is -2.31. The number of H-pyrrole nitrogens is 1. The number of nitrogens with one attached hydrogen (secondary N) is 2. The maximum absolute atomic E-state index is 13.1. The fourth-order valence-corrected chi connectivity index (χ4v) is 8.00. The summed E-state index contributed by atoms with van der Waals surface area (Å²) in [6, 6.07) is 10.5. The summed E-state index contributed by atoms with van der Waals surface area (Å²) in [5.74, 6) is -0.219. The topological polar surface area (TPSA) is 116 Å². The van der Waals surface area contributed by atoms with Crippen molar-refractivity contribution in [3.63, 3.8) is 0 Å². The number of fused-ring (bicyclic) bond motifs is 4. The van der Waals surface area contributed by atoms with Crippen molar-refractivity contribution in [2.24, 2.45) is 0 Å². The van der Waals surface area contributed by atoms with Crippen molar-refractivity contribution >= 4 is 25.6 Å². The Kier molecular flexibility index (Phi) is 5.52. The van der Waals surface area contributed by atoms with Crippen LogP contribution in [0.2, 0.25) is 1.41 Å². The van der Waals surface area contributed by atoms with Crippen LogP contribution in [0.25, 0.3) is 11.2 Å². The molecule has 4 aliphatic heterocycles.